The first-order chi connectivity index (χ1) is 6.49. The second-order valence-corrected chi connectivity index (χ2v) is 2.37. The minimum Gasteiger partial charge on any atom is -0.478 e. The number of carboxylic acid groups (broad SMARTS) is 2. The second kappa shape index (κ2) is 3.60. The van der Waals surface area contributed by atoms with Crippen LogP contribution < -0.4 is 16.4 Å². The zero-order valence-electron chi connectivity index (χ0n) is 6.77. The summed E-state index contributed by atoms with van der Waals surface area (Å²) in [6.45, 7) is 0. The van der Waals surface area contributed by atoms with Gasteiger partial charge in [-0.25, -0.2) is 14.4 Å². The molecule has 0 fully saturated rings. The Morgan fingerprint density at radius 2 is 1.36 bits per heavy atom. The standard InChI is InChI=1S/C7H6N2O5/c10-5(11)1-3-4(2-6(12)13)9-7(14)8-3/h1-2H,(H,10,11)(H,12,13)(H2,8,9,14). The van der Waals surface area contributed by atoms with Gasteiger partial charge >= 0.3 is 17.6 Å². The Kier molecular flexibility index (Phi) is 2.52. The van der Waals surface area contributed by atoms with Crippen molar-refractivity contribution < 1.29 is 19.8 Å². The quantitative estimate of drug-likeness (QED) is 0.416. The lowest BCUT2D eigenvalue weighted by Gasteiger charge is -1.78. The van der Waals surface area contributed by atoms with Crippen LogP contribution in [0.1, 0.15) is 0 Å². The Bertz CT molecular complexity index is 489. The molecule has 74 valence electrons. The Morgan fingerprint density at radius 3 is 1.64 bits per heavy atom. The zero-order valence-corrected chi connectivity index (χ0v) is 6.77. The molecule has 0 unspecified atom stereocenters. The molecule has 0 aromatic carbocycles. The predicted molar refractivity (Wildman–Crippen MR) is 44.9 cm³/mol. The van der Waals surface area contributed by atoms with Crippen LogP contribution in [0.2, 0.25) is 0 Å². The van der Waals surface area contributed by atoms with Crippen molar-refractivity contribution in [2.45, 2.75) is 0 Å². The van der Waals surface area contributed by atoms with Crippen molar-refractivity contribution in [2.75, 3.05) is 0 Å². The summed E-state index contributed by atoms with van der Waals surface area (Å²) >= 11 is 0. The fourth-order valence-electron chi connectivity index (χ4n) is 0.885. The third kappa shape index (κ3) is 2.34. The van der Waals surface area contributed by atoms with Crippen LogP contribution in [-0.2, 0) is 9.59 Å². The molecule has 0 saturated carbocycles. The number of H-pyrrole nitrogens is 2. The van der Waals surface area contributed by atoms with Gasteiger partial charge in [0, 0.05) is 12.2 Å². The number of carboxylic acids is 2. The first kappa shape index (κ1) is 9.78. The lowest BCUT2D eigenvalue weighted by atomic mass is 10.4. The number of hydrogen-bond donors (Lipinski definition) is 4. The van der Waals surface area contributed by atoms with Gasteiger partial charge in [0.1, 0.15) is 0 Å². The van der Waals surface area contributed by atoms with E-state index in [1.165, 1.54) is 0 Å². The molecule has 1 rings (SSSR count). The molecule has 0 aliphatic heterocycles. The SMILES string of the molecule is O=C(O)C=c1[nH]c(=O)[nH]c1=CC(=O)O. The van der Waals surface area contributed by atoms with E-state index in [-0.39, 0.29) is 10.7 Å². The number of imidazole rings is 1. The third-order valence-electron chi connectivity index (χ3n) is 1.32. The number of nitrogens with one attached hydrogen (secondary N) is 2. The van der Waals surface area contributed by atoms with Gasteiger partial charge < -0.3 is 20.2 Å². The summed E-state index contributed by atoms with van der Waals surface area (Å²) in [7, 11) is 0. The first-order valence-electron chi connectivity index (χ1n) is 3.46. The number of hydrogen-bond acceptors (Lipinski definition) is 3. The van der Waals surface area contributed by atoms with Gasteiger partial charge in [0.2, 0.25) is 0 Å². The molecule has 7 heteroatoms. The predicted octanol–water partition coefficient (Wildman–Crippen LogP) is -2.57. The summed E-state index contributed by atoms with van der Waals surface area (Å²) in [6.07, 6.45) is 1.40. The molecule has 0 amide bonds. The van der Waals surface area contributed by atoms with Gasteiger partial charge in [-0.1, -0.05) is 0 Å². The van der Waals surface area contributed by atoms with Crippen molar-refractivity contribution in [1.82, 2.24) is 9.97 Å². The van der Waals surface area contributed by atoms with E-state index in [9.17, 15) is 14.4 Å². The minimum absolute atomic E-state index is 0.0788. The topological polar surface area (TPSA) is 123 Å². The minimum atomic E-state index is -1.28. The molecule has 0 saturated heterocycles. The summed E-state index contributed by atoms with van der Waals surface area (Å²) in [5, 5.41) is 16.6. The molecule has 4 N–H and O–H groups in total. The maximum atomic E-state index is 10.7. The molecule has 1 heterocycles. The second-order valence-electron chi connectivity index (χ2n) is 2.37. The third-order valence-corrected chi connectivity index (χ3v) is 1.32. The summed E-state index contributed by atoms with van der Waals surface area (Å²) in [6, 6.07) is 0. The molecule has 14 heavy (non-hydrogen) atoms. The number of aromatic amines is 2. The van der Waals surface area contributed by atoms with E-state index in [2.05, 4.69) is 9.97 Å². The average Bonchev–Trinajstić information content (AvgIpc) is 2.28. The van der Waals surface area contributed by atoms with Crippen LogP contribution in [0.3, 0.4) is 0 Å². The van der Waals surface area contributed by atoms with E-state index < -0.39 is 17.6 Å². The van der Waals surface area contributed by atoms with Crippen molar-refractivity contribution >= 4 is 24.1 Å². The fraction of sp³-hybridized carbons (Fsp3) is 0. The molecular weight excluding hydrogens is 192 g/mol. The van der Waals surface area contributed by atoms with Gasteiger partial charge in [0.25, 0.3) is 0 Å². The first-order valence-corrected chi connectivity index (χ1v) is 3.46. The van der Waals surface area contributed by atoms with Gasteiger partial charge in [-0.15, -0.1) is 0 Å². The van der Waals surface area contributed by atoms with Gasteiger partial charge in [-0.2, -0.15) is 0 Å². The molecule has 0 aliphatic rings. The molecule has 0 bridgehead atoms. The number of aliphatic carboxylic acids is 2. The van der Waals surface area contributed by atoms with E-state index in [4.69, 9.17) is 10.2 Å². The highest BCUT2D eigenvalue weighted by Crippen LogP contribution is 1.63. The molecule has 7 nitrogen and oxygen atoms in total. The van der Waals surface area contributed by atoms with Gasteiger partial charge in [0.05, 0.1) is 10.7 Å². The normalized spacial score (nSPS) is 13.1. The monoisotopic (exact) mass is 198 g/mol. The largest absolute Gasteiger partial charge is 0.478 e. The number of carbonyl (C=O) groups is 2. The van der Waals surface area contributed by atoms with E-state index in [0.717, 1.165) is 0 Å². The van der Waals surface area contributed by atoms with Crippen LogP contribution in [0.25, 0.3) is 12.2 Å². The van der Waals surface area contributed by atoms with Crippen LogP contribution in [0.5, 0.6) is 0 Å². The highest BCUT2D eigenvalue weighted by atomic mass is 16.4. The molecule has 0 radical (unpaired) electrons. The van der Waals surface area contributed by atoms with Crippen LogP contribution >= 0.6 is 0 Å². The molecule has 1 aromatic rings. The highest BCUT2D eigenvalue weighted by molar-refractivity contribution is 6.00. The summed E-state index contributed by atoms with van der Waals surface area (Å²) in [5.41, 5.74) is -0.662. The average molecular weight is 198 g/mol. The van der Waals surface area contributed by atoms with Crippen LogP contribution in [0.4, 0.5) is 0 Å². The van der Waals surface area contributed by atoms with Crippen molar-refractivity contribution in [2.24, 2.45) is 0 Å². The molecular formula is C7H6N2O5. The van der Waals surface area contributed by atoms with Gasteiger partial charge in [0.15, 0.2) is 0 Å². The Morgan fingerprint density at radius 1 is 1.00 bits per heavy atom. The van der Waals surface area contributed by atoms with Crippen molar-refractivity contribution in [3.63, 3.8) is 0 Å². The molecule has 0 spiro atoms. The Hall–Kier alpha value is -2.31. The van der Waals surface area contributed by atoms with Crippen molar-refractivity contribution in [1.29, 1.82) is 0 Å². The van der Waals surface area contributed by atoms with E-state index >= 15 is 0 Å². The van der Waals surface area contributed by atoms with E-state index in [0.29, 0.717) is 12.2 Å². The Labute approximate surface area is 76.0 Å². The smallest absolute Gasteiger partial charge is 0.330 e. The zero-order chi connectivity index (χ0) is 10.7. The van der Waals surface area contributed by atoms with Crippen molar-refractivity contribution in [3.05, 3.63) is 21.2 Å². The summed E-state index contributed by atoms with van der Waals surface area (Å²) in [4.78, 5) is 35.5. The lowest BCUT2D eigenvalue weighted by Crippen LogP contribution is -2.27. The van der Waals surface area contributed by atoms with Crippen LogP contribution in [0, 0.1) is 0 Å². The summed E-state index contributed by atoms with van der Waals surface area (Å²) < 4.78 is 0. The van der Waals surface area contributed by atoms with Crippen LogP contribution in [-0.4, -0.2) is 32.1 Å². The maximum absolute atomic E-state index is 10.7. The number of rotatable bonds is 2. The molecule has 1 aromatic heterocycles. The van der Waals surface area contributed by atoms with Gasteiger partial charge in [-0.05, 0) is 0 Å². The highest BCUT2D eigenvalue weighted by Gasteiger charge is 1.96. The van der Waals surface area contributed by atoms with Crippen molar-refractivity contribution in [3.8, 4) is 0 Å². The summed E-state index contributed by atoms with van der Waals surface area (Å²) in [5.74, 6) is -2.56. The number of aromatic nitrogens is 2. The maximum Gasteiger partial charge on any atom is 0.330 e. The van der Waals surface area contributed by atoms with Crippen LogP contribution in [0.15, 0.2) is 4.79 Å². The van der Waals surface area contributed by atoms with E-state index in [1.54, 1.807) is 0 Å². The fourth-order valence-corrected chi connectivity index (χ4v) is 0.885. The Balaban J connectivity index is 3.53. The van der Waals surface area contributed by atoms with E-state index in [1.807, 2.05) is 0 Å². The lowest BCUT2D eigenvalue weighted by molar-refractivity contribution is -0.130. The van der Waals surface area contributed by atoms with Gasteiger partial charge in [-0.3, -0.25) is 0 Å². The molecule has 0 atom stereocenters. The molecule has 0 aliphatic carbocycles.